The molecular formula is C11H14F2N2O2. The van der Waals surface area contributed by atoms with Gasteiger partial charge in [-0.3, -0.25) is 4.79 Å². The number of rotatable bonds is 5. The molecule has 17 heavy (non-hydrogen) atoms. The van der Waals surface area contributed by atoms with Gasteiger partial charge in [0.05, 0.1) is 12.6 Å². The van der Waals surface area contributed by atoms with Crippen LogP contribution < -0.4 is 15.8 Å². The van der Waals surface area contributed by atoms with Crippen LogP contribution >= 0.6 is 0 Å². The first-order chi connectivity index (χ1) is 8.02. The average Bonchev–Trinajstić information content (AvgIpc) is 2.27. The van der Waals surface area contributed by atoms with Crippen LogP contribution in [0, 0.1) is 11.6 Å². The van der Waals surface area contributed by atoms with Crippen LogP contribution in [0.4, 0.5) is 8.78 Å². The Labute approximate surface area is 97.8 Å². The summed E-state index contributed by atoms with van der Waals surface area (Å²) in [5, 5.41) is 2.55. The predicted octanol–water partition coefficient (Wildman–Crippen LogP) is 0.807. The Morgan fingerprint density at radius 2 is 2.24 bits per heavy atom. The van der Waals surface area contributed by atoms with Crippen LogP contribution in [0.15, 0.2) is 18.2 Å². The molecule has 0 heterocycles. The molecule has 0 bridgehead atoms. The molecule has 1 unspecified atom stereocenters. The van der Waals surface area contributed by atoms with E-state index in [-0.39, 0.29) is 30.9 Å². The SMILES string of the molecule is CC(COc1ccc(F)cc1F)NC(=O)CN. The molecule has 1 aromatic rings. The number of benzene rings is 1. The summed E-state index contributed by atoms with van der Waals surface area (Å²) in [5.41, 5.74) is 5.11. The van der Waals surface area contributed by atoms with Gasteiger partial charge in [0.15, 0.2) is 11.6 Å². The standard InChI is InChI=1S/C11H14F2N2O2/c1-7(15-11(16)5-14)6-17-10-3-2-8(12)4-9(10)13/h2-4,7H,5-6,14H2,1H3,(H,15,16). The number of nitrogens with two attached hydrogens (primary N) is 1. The van der Waals surface area contributed by atoms with E-state index < -0.39 is 11.6 Å². The van der Waals surface area contributed by atoms with Crippen LogP contribution in [-0.2, 0) is 4.79 Å². The number of carbonyl (C=O) groups is 1. The summed E-state index contributed by atoms with van der Waals surface area (Å²) >= 11 is 0. The normalized spacial score (nSPS) is 12.0. The molecule has 0 aromatic heterocycles. The molecule has 6 heteroatoms. The molecule has 3 N–H and O–H groups in total. The van der Waals surface area contributed by atoms with Crippen LogP contribution in [0.1, 0.15) is 6.92 Å². The minimum absolute atomic E-state index is 0.0553. The Bertz CT molecular complexity index is 399. The Balaban J connectivity index is 2.47. The maximum Gasteiger partial charge on any atom is 0.234 e. The van der Waals surface area contributed by atoms with Crippen LogP contribution in [-0.4, -0.2) is 25.1 Å². The molecule has 0 saturated carbocycles. The lowest BCUT2D eigenvalue weighted by atomic mass is 10.3. The van der Waals surface area contributed by atoms with Gasteiger partial charge in [-0.25, -0.2) is 8.78 Å². The smallest absolute Gasteiger partial charge is 0.234 e. The summed E-state index contributed by atoms with van der Waals surface area (Å²) < 4.78 is 30.9. The van der Waals surface area contributed by atoms with E-state index in [1.165, 1.54) is 6.07 Å². The van der Waals surface area contributed by atoms with Crippen LogP contribution in [0.5, 0.6) is 5.75 Å². The molecule has 4 nitrogen and oxygen atoms in total. The highest BCUT2D eigenvalue weighted by Gasteiger charge is 2.09. The van der Waals surface area contributed by atoms with Gasteiger partial charge < -0.3 is 15.8 Å². The number of halogens is 2. The second-order valence-corrected chi connectivity index (χ2v) is 3.56. The summed E-state index contributed by atoms with van der Waals surface area (Å²) in [5.74, 6) is -1.82. The number of hydrogen-bond donors (Lipinski definition) is 2. The number of amides is 1. The highest BCUT2D eigenvalue weighted by Crippen LogP contribution is 2.17. The first-order valence-corrected chi connectivity index (χ1v) is 5.10. The largest absolute Gasteiger partial charge is 0.488 e. The van der Waals surface area contributed by atoms with E-state index in [0.29, 0.717) is 0 Å². The van der Waals surface area contributed by atoms with Crippen molar-refractivity contribution in [3.8, 4) is 5.75 Å². The summed E-state index contributed by atoms with van der Waals surface area (Å²) in [7, 11) is 0. The minimum atomic E-state index is -0.776. The number of ether oxygens (including phenoxy) is 1. The monoisotopic (exact) mass is 244 g/mol. The maximum atomic E-state index is 13.2. The summed E-state index contributed by atoms with van der Waals surface area (Å²) in [4.78, 5) is 10.9. The van der Waals surface area contributed by atoms with Crippen molar-refractivity contribution in [2.45, 2.75) is 13.0 Å². The molecule has 0 radical (unpaired) electrons. The quantitative estimate of drug-likeness (QED) is 0.805. The molecule has 1 rings (SSSR count). The van der Waals surface area contributed by atoms with Crippen molar-refractivity contribution in [1.82, 2.24) is 5.32 Å². The van der Waals surface area contributed by atoms with Crippen molar-refractivity contribution in [1.29, 1.82) is 0 Å². The van der Waals surface area contributed by atoms with E-state index in [9.17, 15) is 13.6 Å². The van der Waals surface area contributed by atoms with Gasteiger partial charge in [-0.05, 0) is 19.1 Å². The summed E-state index contributed by atoms with van der Waals surface area (Å²) in [6.45, 7) is 1.65. The zero-order valence-electron chi connectivity index (χ0n) is 9.37. The molecule has 0 aliphatic rings. The zero-order chi connectivity index (χ0) is 12.8. The maximum absolute atomic E-state index is 13.2. The molecule has 0 aliphatic carbocycles. The van der Waals surface area contributed by atoms with Crippen molar-refractivity contribution >= 4 is 5.91 Å². The molecule has 0 spiro atoms. The second-order valence-electron chi connectivity index (χ2n) is 3.56. The van der Waals surface area contributed by atoms with E-state index in [1.54, 1.807) is 6.92 Å². The highest BCUT2D eigenvalue weighted by molar-refractivity contribution is 5.77. The third-order valence-corrected chi connectivity index (χ3v) is 1.98. The van der Waals surface area contributed by atoms with Gasteiger partial charge in [0.1, 0.15) is 12.4 Å². The topological polar surface area (TPSA) is 64.3 Å². The molecular weight excluding hydrogens is 230 g/mol. The van der Waals surface area contributed by atoms with E-state index >= 15 is 0 Å². The van der Waals surface area contributed by atoms with E-state index in [2.05, 4.69) is 5.32 Å². The van der Waals surface area contributed by atoms with Crippen molar-refractivity contribution in [2.75, 3.05) is 13.2 Å². The minimum Gasteiger partial charge on any atom is -0.488 e. The average molecular weight is 244 g/mol. The highest BCUT2D eigenvalue weighted by atomic mass is 19.1. The third kappa shape index (κ3) is 4.36. The molecule has 0 aliphatic heterocycles. The fraction of sp³-hybridized carbons (Fsp3) is 0.364. The van der Waals surface area contributed by atoms with Gasteiger partial charge in [-0.1, -0.05) is 0 Å². The van der Waals surface area contributed by atoms with Crippen molar-refractivity contribution in [3.63, 3.8) is 0 Å². The summed E-state index contributed by atoms with van der Waals surface area (Å²) in [6.07, 6.45) is 0. The molecule has 1 aromatic carbocycles. The Morgan fingerprint density at radius 3 is 2.82 bits per heavy atom. The molecule has 1 amide bonds. The van der Waals surface area contributed by atoms with E-state index in [1.807, 2.05) is 0 Å². The van der Waals surface area contributed by atoms with E-state index in [0.717, 1.165) is 12.1 Å². The van der Waals surface area contributed by atoms with Gasteiger partial charge in [-0.15, -0.1) is 0 Å². The first-order valence-electron chi connectivity index (χ1n) is 5.10. The van der Waals surface area contributed by atoms with Gasteiger partial charge >= 0.3 is 0 Å². The Hall–Kier alpha value is -1.69. The van der Waals surface area contributed by atoms with Gasteiger partial charge in [-0.2, -0.15) is 0 Å². The predicted molar refractivity (Wildman–Crippen MR) is 58.5 cm³/mol. The number of hydrogen-bond acceptors (Lipinski definition) is 3. The van der Waals surface area contributed by atoms with Crippen LogP contribution in [0.3, 0.4) is 0 Å². The summed E-state index contributed by atoms with van der Waals surface area (Å²) in [6, 6.07) is 2.72. The van der Waals surface area contributed by atoms with Crippen molar-refractivity contribution in [2.24, 2.45) is 5.73 Å². The second kappa shape index (κ2) is 6.15. The van der Waals surface area contributed by atoms with E-state index in [4.69, 9.17) is 10.5 Å². The fourth-order valence-corrected chi connectivity index (χ4v) is 1.18. The lowest BCUT2D eigenvalue weighted by Gasteiger charge is -2.14. The molecule has 0 fully saturated rings. The zero-order valence-corrected chi connectivity index (χ0v) is 9.37. The molecule has 1 atom stereocenters. The lowest BCUT2D eigenvalue weighted by molar-refractivity contribution is -0.120. The van der Waals surface area contributed by atoms with Gasteiger partial charge in [0, 0.05) is 6.07 Å². The Kier molecular flexibility index (Phi) is 4.84. The van der Waals surface area contributed by atoms with Gasteiger partial charge in [0.2, 0.25) is 5.91 Å². The Morgan fingerprint density at radius 1 is 1.53 bits per heavy atom. The van der Waals surface area contributed by atoms with Crippen molar-refractivity contribution in [3.05, 3.63) is 29.8 Å². The number of nitrogens with one attached hydrogen (secondary N) is 1. The van der Waals surface area contributed by atoms with Crippen molar-refractivity contribution < 1.29 is 18.3 Å². The first kappa shape index (κ1) is 13.4. The fourth-order valence-electron chi connectivity index (χ4n) is 1.18. The lowest BCUT2D eigenvalue weighted by Crippen LogP contribution is -2.40. The number of carbonyl (C=O) groups excluding carboxylic acids is 1. The van der Waals surface area contributed by atoms with Crippen LogP contribution in [0.2, 0.25) is 0 Å². The molecule has 94 valence electrons. The third-order valence-electron chi connectivity index (χ3n) is 1.98. The van der Waals surface area contributed by atoms with Crippen LogP contribution in [0.25, 0.3) is 0 Å². The van der Waals surface area contributed by atoms with Gasteiger partial charge in [0.25, 0.3) is 0 Å². The molecule has 0 saturated heterocycles.